The Kier molecular flexibility index (Phi) is 7.14. The highest BCUT2D eigenvalue weighted by atomic mass is 32.2. The zero-order valence-corrected chi connectivity index (χ0v) is 19.5. The van der Waals surface area contributed by atoms with Gasteiger partial charge in [-0.3, -0.25) is 9.59 Å². The molecule has 3 aromatic rings. The lowest BCUT2D eigenvalue weighted by molar-refractivity contribution is -0.135. The van der Waals surface area contributed by atoms with Gasteiger partial charge in [-0.15, -0.1) is 11.3 Å². The van der Waals surface area contributed by atoms with Gasteiger partial charge in [0.05, 0.1) is 22.5 Å². The molecule has 0 atom stereocenters. The van der Waals surface area contributed by atoms with E-state index in [1.807, 2.05) is 73.7 Å². The van der Waals surface area contributed by atoms with Gasteiger partial charge in [0.25, 0.3) is 0 Å². The van der Waals surface area contributed by atoms with E-state index in [0.29, 0.717) is 10.3 Å². The fourth-order valence-electron chi connectivity index (χ4n) is 3.40. The molecule has 2 aromatic heterocycles. The summed E-state index contributed by atoms with van der Waals surface area (Å²) in [7, 11) is 0. The standard InChI is InChI=1S/C21H27N5O2S2/c1-13(2)26(14(3)4)19(28)10-25-17-9-7-6-8-16(17)23-21(25)30-12-18(27)24-20-22-15(5)11-29-20/h6-9,11,13-14H,10,12H2,1-5H3,(H,22,24,27). The van der Waals surface area contributed by atoms with Crippen molar-refractivity contribution in [2.75, 3.05) is 11.1 Å². The van der Waals surface area contributed by atoms with Gasteiger partial charge >= 0.3 is 0 Å². The van der Waals surface area contributed by atoms with Crippen LogP contribution in [0.5, 0.6) is 0 Å². The maximum Gasteiger partial charge on any atom is 0.243 e. The van der Waals surface area contributed by atoms with E-state index in [4.69, 9.17) is 0 Å². The van der Waals surface area contributed by atoms with Gasteiger partial charge in [-0.05, 0) is 46.8 Å². The molecule has 3 rings (SSSR count). The fraction of sp³-hybridized carbons (Fsp3) is 0.429. The van der Waals surface area contributed by atoms with Gasteiger partial charge in [0.2, 0.25) is 11.8 Å². The number of nitrogens with one attached hydrogen (secondary N) is 1. The minimum Gasteiger partial charge on any atom is -0.336 e. The normalized spacial score (nSPS) is 11.4. The summed E-state index contributed by atoms with van der Waals surface area (Å²) in [5, 5.41) is 5.95. The van der Waals surface area contributed by atoms with Gasteiger partial charge in [-0.2, -0.15) is 0 Å². The van der Waals surface area contributed by atoms with Crippen molar-refractivity contribution in [3.8, 4) is 0 Å². The molecule has 1 aromatic carbocycles. The topological polar surface area (TPSA) is 80.1 Å². The van der Waals surface area contributed by atoms with Crippen LogP contribution in [0.4, 0.5) is 5.13 Å². The molecule has 2 amide bonds. The molecule has 0 saturated heterocycles. The van der Waals surface area contributed by atoms with Crippen molar-refractivity contribution in [3.63, 3.8) is 0 Å². The highest BCUT2D eigenvalue weighted by molar-refractivity contribution is 7.99. The molecule has 0 saturated carbocycles. The number of para-hydroxylation sites is 2. The number of aryl methyl sites for hydroxylation is 1. The lowest BCUT2D eigenvalue weighted by atomic mass is 10.2. The summed E-state index contributed by atoms with van der Waals surface area (Å²) in [5.41, 5.74) is 2.57. The number of thioether (sulfide) groups is 1. The number of imidazole rings is 1. The number of anilines is 1. The molecule has 9 heteroatoms. The van der Waals surface area contributed by atoms with E-state index in [9.17, 15) is 9.59 Å². The number of benzene rings is 1. The molecule has 0 aliphatic carbocycles. The Morgan fingerprint density at radius 3 is 2.50 bits per heavy atom. The molecule has 0 aliphatic heterocycles. The number of amides is 2. The van der Waals surface area contributed by atoms with Crippen LogP contribution in [0.25, 0.3) is 11.0 Å². The number of nitrogens with zero attached hydrogens (tertiary/aromatic N) is 4. The third-order valence-corrected chi connectivity index (χ3v) is 6.36. The van der Waals surface area contributed by atoms with Gasteiger partial charge in [0.1, 0.15) is 6.54 Å². The minimum atomic E-state index is -0.148. The number of carbonyl (C=O) groups excluding carboxylic acids is 2. The molecule has 2 heterocycles. The van der Waals surface area contributed by atoms with Crippen LogP contribution in [0.3, 0.4) is 0 Å². The first-order valence-electron chi connectivity index (χ1n) is 9.87. The Bertz CT molecular complexity index is 1030. The summed E-state index contributed by atoms with van der Waals surface area (Å²) in [4.78, 5) is 36.2. The van der Waals surface area contributed by atoms with Crippen molar-refractivity contribution < 1.29 is 9.59 Å². The molecule has 30 heavy (non-hydrogen) atoms. The van der Waals surface area contributed by atoms with E-state index in [1.54, 1.807) is 0 Å². The lowest BCUT2D eigenvalue weighted by Gasteiger charge is -2.31. The van der Waals surface area contributed by atoms with Gasteiger partial charge in [-0.25, -0.2) is 9.97 Å². The molecule has 0 bridgehead atoms. The molecule has 1 N–H and O–H groups in total. The number of carbonyl (C=O) groups is 2. The summed E-state index contributed by atoms with van der Waals surface area (Å²) < 4.78 is 1.90. The van der Waals surface area contributed by atoms with Crippen LogP contribution in [0.2, 0.25) is 0 Å². The Balaban J connectivity index is 1.79. The minimum absolute atomic E-state index is 0.0349. The number of hydrogen-bond acceptors (Lipinski definition) is 6. The highest BCUT2D eigenvalue weighted by Gasteiger charge is 2.23. The second-order valence-electron chi connectivity index (χ2n) is 7.59. The van der Waals surface area contributed by atoms with Crippen molar-refractivity contribution in [3.05, 3.63) is 35.3 Å². The van der Waals surface area contributed by atoms with Crippen molar-refractivity contribution in [1.82, 2.24) is 19.4 Å². The van der Waals surface area contributed by atoms with E-state index in [2.05, 4.69) is 15.3 Å². The SMILES string of the molecule is Cc1csc(NC(=O)CSc2nc3ccccc3n2CC(=O)N(C(C)C)C(C)C)n1. The smallest absolute Gasteiger partial charge is 0.243 e. The molecular weight excluding hydrogens is 418 g/mol. The van der Waals surface area contributed by atoms with Crippen molar-refractivity contribution in [1.29, 1.82) is 0 Å². The molecule has 160 valence electrons. The number of hydrogen-bond donors (Lipinski definition) is 1. The quantitative estimate of drug-likeness (QED) is 0.526. The van der Waals surface area contributed by atoms with E-state index in [1.165, 1.54) is 23.1 Å². The first kappa shape index (κ1) is 22.3. The van der Waals surface area contributed by atoms with E-state index in [-0.39, 0.29) is 36.2 Å². The van der Waals surface area contributed by atoms with E-state index >= 15 is 0 Å². The predicted molar refractivity (Wildman–Crippen MR) is 123 cm³/mol. The summed E-state index contributed by atoms with van der Waals surface area (Å²) in [5.74, 6) is 0.0757. The highest BCUT2D eigenvalue weighted by Crippen LogP contribution is 2.25. The Morgan fingerprint density at radius 1 is 1.17 bits per heavy atom. The molecule has 0 radical (unpaired) electrons. The van der Waals surface area contributed by atoms with Crippen LogP contribution in [0.1, 0.15) is 33.4 Å². The summed E-state index contributed by atoms with van der Waals surface area (Å²) in [6.45, 7) is 10.1. The first-order valence-corrected chi connectivity index (χ1v) is 11.7. The van der Waals surface area contributed by atoms with Gasteiger partial charge in [0.15, 0.2) is 10.3 Å². The van der Waals surface area contributed by atoms with Crippen LogP contribution in [-0.2, 0) is 16.1 Å². The van der Waals surface area contributed by atoms with Crippen LogP contribution < -0.4 is 5.32 Å². The molecule has 0 spiro atoms. The third-order valence-electron chi connectivity index (χ3n) is 4.51. The van der Waals surface area contributed by atoms with Gasteiger partial charge in [0, 0.05) is 17.5 Å². The maximum atomic E-state index is 13.1. The summed E-state index contributed by atoms with van der Waals surface area (Å²) in [6.07, 6.45) is 0. The molecule has 0 fully saturated rings. The fourth-order valence-corrected chi connectivity index (χ4v) is 4.92. The Morgan fingerprint density at radius 2 is 1.87 bits per heavy atom. The second kappa shape index (κ2) is 9.61. The van der Waals surface area contributed by atoms with Crippen molar-refractivity contribution in [2.45, 2.75) is 58.4 Å². The van der Waals surface area contributed by atoms with Gasteiger partial charge in [-0.1, -0.05) is 23.9 Å². The average molecular weight is 446 g/mol. The number of thiazole rings is 1. The largest absolute Gasteiger partial charge is 0.336 e. The molecule has 7 nitrogen and oxygen atoms in total. The average Bonchev–Trinajstić information content (AvgIpc) is 3.23. The van der Waals surface area contributed by atoms with Crippen LogP contribution in [0, 0.1) is 6.92 Å². The van der Waals surface area contributed by atoms with Crippen LogP contribution >= 0.6 is 23.1 Å². The predicted octanol–water partition coefficient (Wildman–Crippen LogP) is 4.18. The number of fused-ring (bicyclic) bond motifs is 1. The Hall–Kier alpha value is -2.39. The zero-order chi connectivity index (χ0) is 21.8. The summed E-state index contributed by atoms with van der Waals surface area (Å²) in [6, 6.07) is 7.93. The lowest BCUT2D eigenvalue weighted by Crippen LogP contribution is -2.43. The first-order chi connectivity index (χ1) is 14.3. The molecule has 0 unspecified atom stereocenters. The monoisotopic (exact) mass is 445 g/mol. The van der Waals surface area contributed by atoms with Crippen LogP contribution in [-0.4, -0.2) is 49.1 Å². The van der Waals surface area contributed by atoms with Crippen molar-refractivity contribution >= 4 is 51.1 Å². The Labute approximate surface area is 184 Å². The number of rotatable bonds is 8. The van der Waals surface area contributed by atoms with E-state index < -0.39 is 0 Å². The summed E-state index contributed by atoms with van der Waals surface area (Å²) >= 11 is 2.72. The molecular formula is C21H27N5O2S2. The third kappa shape index (κ3) is 5.20. The maximum absolute atomic E-state index is 13.1. The number of aromatic nitrogens is 3. The van der Waals surface area contributed by atoms with E-state index in [0.717, 1.165) is 16.7 Å². The van der Waals surface area contributed by atoms with Crippen LogP contribution in [0.15, 0.2) is 34.8 Å². The second-order valence-corrected chi connectivity index (χ2v) is 9.39. The molecule has 0 aliphatic rings. The van der Waals surface area contributed by atoms with Gasteiger partial charge < -0.3 is 14.8 Å². The van der Waals surface area contributed by atoms with Crippen molar-refractivity contribution in [2.24, 2.45) is 0 Å². The zero-order valence-electron chi connectivity index (χ0n) is 17.9.